The lowest BCUT2D eigenvalue weighted by atomic mass is 9.89. The van der Waals surface area contributed by atoms with E-state index in [2.05, 4.69) is 31.1 Å². The fourth-order valence-corrected chi connectivity index (χ4v) is 2.01. The van der Waals surface area contributed by atoms with Gasteiger partial charge in [0.2, 0.25) is 0 Å². The van der Waals surface area contributed by atoms with E-state index in [0.717, 1.165) is 6.42 Å². The molecule has 0 bridgehead atoms. The van der Waals surface area contributed by atoms with Crippen molar-refractivity contribution in [3.63, 3.8) is 0 Å². The quantitative estimate of drug-likeness (QED) is 0.834. The molecule has 0 aliphatic rings. The van der Waals surface area contributed by atoms with Gasteiger partial charge < -0.3 is 5.32 Å². The van der Waals surface area contributed by atoms with Gasteiger partial charge in [-0.2, -0.15) is 0 Å². The highest BCUT2D eigenvalue weighted by Crippen LogP contribution is 2.30. The third kappa shape index (κ3) is 2.12. The van der Waals surface area contributed by atoms with E-state index >= 15 is 0 Å². The molecular weight excluding hydrogens is 196 g/mol. The van der Waals surface area contributed by atoms with Crippen molar-refractivity contribution in [2.75, 3.05) is 7.05 Å². The minimum absolute atomic E-state index is 0.104. The molecule has 1 heterocycles. The van der Waals surface area contributed by atoms with Crippen molar-refractivity contribution >= 4 is 17.2 Å². The molecule has 4 heteroatoms. The van der Waals surface area contributed by atoms with Gasteiger partial charge in [-0.25, -0.2) is 4.98 Å². The number of amides is 1. The standard InChI is InChI=1S/C10H16N2OS/c1-5-10(2,3)7-6-12-9(14-7)8(13)11-4/h6H,5H2,1-4H3,(H,11,13). The highest BCUT2D eigenvalue weighted by Gasteiger charge is 2.22. The average molecular weight is 212 g/mol. The number of rotatable bonds is 3. The van der Waals surface area contributed by atoms with E-state index in [1.54, 1.807) is 13.2 Å². The zero-order valence-corrected chi connectivity index (χ0v) is 9.86. The highest BCUT2D eigenvalue weighted by atomic mass is 32.1. The summed E-state index contributed by atoms with van der Waals surface area (Å²) in [6.45, 7) is 6.46. The Hall–Kier alpha value is -0.900. The second kappa shape index (κ2) is 4.09. The van der Waals surface area contributed by atoms with Crippen molar-refractivity contribution < 1.29 is 4.79 Å². The van der Waals surface area contributed by atoms with Gasteiger partial charge in [0.05, 0.1) is 0 Å². The minimum Gasteiger partial charge on any atom is -0.353 e. The second-order valence-electron chi connectivity index (χ2n) is 3.85. The van der Waals surface area contributed by atoms with Crippen molar-refractivity contribution in [3.8, 4) is 0 Å². The summed E-state index contributed by atoms with van der Waals surface area (Å²) in [5.41, 5.74) is 0.115. The number of hydrogen-bond donors (Lipinski definition) is 1. The molecule has 0 fully saturated rings. The molecule has 1 N–H and O–H groups in total. The first-order chi connectivity index (χ1) is 6.51. The van der Waals surface area contributed by atoms with Crippen molar-refractivity contribution in [2.45, 2.75) is 32.6 Å². The van der Waals surface area contributed by atoms with E-state index in [4.69, 9.17) is 0 Å². The van der Waals surface area contributed by atoms with Crippen LogP contribution in [0, 0.1) is 0 Å². The summed E-state index contributed by atoms with van der Waals surface area (Å²) in [4.78, 5) is 16.6. The van der Waals surface area contributed by atoms with Crippen LogP contribution < -0.4 is 5.32 Å². The van der Waals surface area contributed by atoms with E-state index in [9.17, 15) is 4.79 Å². The molecule has 0 saturated carbocycles. The molecule has 3 nitrogen and oxygen atoms in total. The average Bonchev–Trinajstić information content (AvgIpc) is 2.66. The fraction of sp³-hybridized carbons (Fsp3) is 0.600. The molecule has 14 heavy (non-hydrogen) atoms. The third-order valence-electron chi connectivity index (χ3n) is 2.48. The molecule has 0 saturated heterocycles. The van der Waals surface area contributed by atoms with Crippen LogP contribution in [-0.2, 0) is 5.41 Å². The Morgan fingerprint density at radius 3 is 2.79 bits per heavy atom. The molecule has 0 atom stereocenters. The first kappa shape index (κ1) is 11.2. The summed E-state index contributed by atoms with van der Waals surface area (Å²) in [6.07, 6.45) is 2.85. The maximum Gasteiger partial charge on any atom is 0.280 e. The Kier molecular flexibility index (Phi) is 3.26. The van der Waals surface area contributed by atoms with Gasteiger partial charge in [0, 0.05) is 23.5 Å². The van der Waals surface area contributed by atoms with E-state index in [0.29, 0.717) is 5.01 Å². The molecule has 0 aromatic carbocycles. The lowest BCUT2D eigenvalue weighted by Gasteiger charge is -2.19. The molecule has 0 unspecified atom stereocenters. The molecule has 0 radical (unpaired) electrons. The summed E-state index contributed by atoms with van der Waals surface area (Å²) < 4.78 is 0. The number of hydrogen-bond acceptors (Lipinski definition) is 3. The van der Waals surface area contributed by atoms with Crippen molar-refractivity contribution in [1.82, 2.24) is 10.3 Å². The molecule has 1 aromatic heterocycles. The van der Waals surface area contributed by atoms with Crippen LogP contribution in [-0.4, -0.2) is 17.9 Å². The van der Waals surface area contributed by atoms with Gasteiger partial charge in [-0.1, -0.05) is 20.8 Å². The van der Waals surface area contributed by atoms with Crippen LogP contribution in [0.1, 0.15) is 41.9 Å². The Morgan fingerprint density at radius 2 is 2.29 bits per heavy atom. The van der Waals surface area contributed by atoms with Gasteiger partial charge >= 0.3 is 0 Å². The fourth-order valence-electron chi connectivity index (χ4n) is 0.973. The van der Waals surface area contributed by atoms with Gasteiger partial charge in [-0.3, -0.25) is 4.79 Å². The van der Waals surface area contributed by atoms with E-state index < -0.39 is 0 Å². The van der Waals surface area contributed by atoms with Crippen LogP contribution >= 0.6 is 11.3 Å². The van der Waals surface area contributed by atoms with E-state index in [-0.39, 0.29) is 11.3 Å². The SMILES string of the molecule is CCC(C)(C)c1cnc(C(=O)NC)s1. The smallest absolute Gasteiger partial charge is 0.280 e. The van der Waals surface area contributed by atoms with Gasteiger partial charge in [0.15, 0.2) is 5.01 Å². The summed E-state index contributed by atoms with van der Waals surface area (Å²) in [6, 6.07) is 0. The second-order valence-corrected chi connectivity index (χ2v) is 4.88. The Balaban J connectivity index is 2.93. The summed E-state index contributed by atoms with van der Waals surface area (Å²) in [5, 5.41) is 3.12. The Bertz CT molecular complexity index is 331. The Morgan fingerprint density at radius 1 is 1.64 bits per heavy atom. The van der Waals surface area contributed by atoms with Crippen molar-refractivity contribution in [3.05, 3.63) is 16.1 Å². The number of thiazole rings is 1. The molecular formula is C10H16N2OS. The Labute approximate surface area is 88.6 Å². The number of carbonyl (C=O) groups is 1. The molecule has 78 valence electrons. The molecule has 0 aliphatic carbocycles. The number of nitrogens with one attached hydrogen (secondary N) is 1. The lowest BCUT2D eigenvalue weighted by Crippen LogP contribution is -2.17. The van der Waals surface area contributed by atoms with E-state index in [1.165, 1.54) is 16.2 Å². The van der Waals surface area contributed by atoms with Crippen LogP contribution in [0.4, 0.5) is 0 Å². The zero-order chi connectivity index (χ0) is 10.8. The first-order valence-electron chi connectivity index (χ1n) is 4.69. The van der Waals surface area contributed by atoms with Crippen LogP contribution in [0.2, 0.25) is 0 Å². The minimum atomic E-state index is -0.104. The largest absolute Gasteiger partial charge is 0.353 e. The highest BCUT2D eigenvalue weighted by molar-refractivity contribution is 7.13. The van der Waals surface area contributed by atoms with Crippen LogP contribution in [0.25, 0.3) is 0 Å². The zero-order valence-electron chi connectivity index (χ0n) is 9.05. The summed E-state index contributed by atoms with van der Waals surface area (Å²) in [7, 11) is 1.62. The van der Waals surface area contributed by atoms with Crippen molar-refractivity contribution in [1.29, 1.82) is 0 Å². The van der Waals surface area contributed by atoms with Gasteiger partial charge in [-0.15, -0.1) is 11.3 Å². The van der Waals surface area contributed by atoms with Gasteiger partial charge in [-0.05, 0) is 6.42 Å². The maximum atomic E-state index is 11.3. The van der Waals surface area contributed by atoms with Gasteiger partial charge in [0.25, 0.3) is 5.91 Å². The first-order valence-corrected chi connectivity index (χ1v) is 5.51. The van der Waals surface area contributed by atoms with Crippen LogP contribution in [0.15, 0.2) is 6.20 Å². The van der Waals surface area contributed by atoms with Crippen molar-refractivity contribution in [2.24, 2.45) is 0 Å². The normalized spacial score (nSPS) is 11.4. The van der Waals surface area contributed by atoms with Crippen LogP contribution in [0.5, 0.6) is 0 Å². The molecule has 0 aliphatic heterocycles. The van der Waals surface area contributed by atoms with Crippen LogP contribution in [0.3, 0.4) is 0 Å². The number of nitrogens with zero attached hydrogens (tertiary/aromatic N) is 1. The summed E-state index contributed by atoms with van der Waals surface area (Å²) in [5.74, 6) is -0.104. The maximum absolute atomic E-state index is 11.3. The van der Waals surface area contributed by atoms with Gasteiger partial charge in [0.1, 0.15) is 0 Å². The lowest BCUT2D eigenvalue weighted by molar-refractivity contribution is 0.0962. The van der Waals surface area contributed by atoms with E-state index in [1.807, 2.05) is 0 Å². The number of aromatic nitrogens is 1. The molecule has 1 aromatic rings. The topological polar surface area (TPSA) is 42.0 Å². The predicted octanol–water partition coefficient (Wildman–Crippen LogP) is 2.19. The number of carbonyl (C=O) groups excluding carboxylic acids is 1. The molecule has 1 amide bonds. The molecule has 0 spiro atoms. The monoisotopic (exact) mass is 212 g/mol. The predicted molar refractivity (Wildman–Crippen MR) is 58.8 cm³/mol. The molecule has 1 rings (SSSR count). The summed E-state index contributed by atoms with van der Waals surface area (Å²) >= 11 is 1.47. The third-order valence-corrected chi connectivity index (χ3v) is 3.84.